The summed E-state index contributed by atoms with van der Waals surface area (Å²) in [6.45, 7) is -0.00626. The lowest BCUT2D eigenvalue weighted by atomic mass is 9.94. The zero-order valence-electron chi connectivity index (χ0n) is 15.8. The molecule has 1 aromatic heterocycles. The predicted octanol–water partition coefficient (Wildman–Crippen LogP) is 5.55. The Morgan fingerprint density at radius 2 is 1.78 bits per heavy atom. The SMILES string of the molecule is N#CCCNc1c(C2(C(N)=O)CC2)c(C#N)nn1-c1c(Cl)cc(S(F)(F)(F)(F)F)cc1Cl. The molecule has 1 fully saturated rings. The molecule has 7 nitrogen and oxygen atoms in total. The molecule has 2 aromatic rings. The van der Waals surface area contributed by atoms with E-state index in [0.29, 0.717) is 0 Å². The minimum Gasteiger partial charge on any atom is -0.369 e. The van der Waals surface area contributed by atoms with Crippen molar-refractivity contribution in [2.24, 2.45) is 5.73 Å². The molecule has 3 N–H and O–H groups in total. The van der Waals surface area contributed by atoms with E-state index in [4.69, 9.17) is 34.2 Å². The molecular weight excluding hydrogens is 502 g/mol. The van der Waals surface area contributed by atoms with Crippen LogP contribution in [0.15, 0.2) is 17.0 Å². The van der Waals surface area contributed by atoms with E-state index >= 15 is 0 Å². The molecule has 0 bridgehead atoms. The van der Waals surface area contributed by atoms with Gasteiger partial charge in [-0.2, -0.15) is 15.6 Å². The fourth-order valence-electron chi connectivity index (χ4n) is 3.22. The molecule has 0 aliphatic heterocycles. The number of nitrogens with zero attached hydrogens (tertiary/aromatic N) is 4. The molecule has 1 aliphatic rings. The Labute approximate surface area is 188 Å². The number of amides is 1. The second-order valence-corrected chi connectivity index (χ2v) is 10.3. The van der Waals surface area contributed by atoms with Crippen molar-refractivity contribution in [1.29, 1.82) is 10.5 Å². The van der Waals surface area contributed by atoms with Gasteiger partial charge in [-0.05, 0) is 25.0 Å². The van der Waals surface area contributed by atoms with Gasteiger partial charge in [-0.1, -0.05) is 42.6 Å². The van der Waals surface area contributed by atoms with E-state index in [2.05, 4.69) is 10.4 Å². The number of anilines is 1. The highest BCUT2D eigenvalue weighted by Gasteiger charge is 2.65. The number of rotatable bonds is 7. The lowest BCUT2D eigenvalue weighted by molar-refractivity contribution is -0.120. The van der Waals surface area contributed by atoms with Crippen LogP contribution in [0.2, 0.25) is 10.0 Å². The average molecular weight is 515 g/mol. The fourth-order valence-corrected chi connectivity index (χ4v) is 4.68. The number of nitrogens with one attached hydrogen (secondary N) is 1. The zero-order chi connectivity index (χ0) is 24.2. The maximum atomic E-state index is 13.2. The zero-order valence-corrected chi connectivity index (χ0v) is 18.1. The summed E-state index contributed by atoms with van der Waals surface area (Å²) >= 11 is 11.8. The first-order valence-electron chi connectivity index (χ1n) is 8.73. The van der Waals surface area contributed by atoms with Crippen LogP contribution in [-0.2, 0) is 10.2 Å². The average Bonchev–Trinajstić information content (AvgIpc) is 3.37. The van der Waals surface area contributed by atoms with Gasteiger partial charge in [0.15, 0.2) is 5.69 Å². The molecule has 1 heterocycles. The Hall–Kier alpha value is -2.74. The van der Waals surface area contributed by atoms with Gasteiger partial charge in [-0.15, -0.1) is 0 Å². The van der Waals surface area contributed by atoms with Gasteiger partial charge in [0.1, 0.15) is 22.5 Å². The molecule has 172 valence electrons. The molecule has 0 atom stereocenters. The summed E-state index contributed by atoms with van der Waals surface area (Å²) in [7, 11) is -10.1. The molecule has 1 aromatic carbocycles. The van der Waals surface area contributed by atoms with Crippen LogP contribution in [0.25, 0.3) is 5.69 Å². The number of carbonyl (C=O) groups excluding carboxylic acids is 1. The van der Waals surface area contributed by atoms with Gasteiger partial charge in [0.25, 0.3) is 0 Å². The quantitative estimate of drug-likeness (QED) is 0.370. The number of hydrogen-bond donors (Lipinski definition) is 2. The molecule has 1 amide bonds. The Bertz CT molecular complexity index is 1210. The molecule has 15 heteroatoms. The summed E-state index contributed by atoms with van der Waals surface area (Å²) in [5.74, 6) is -0.817. The summed E-state index contributed by atoms with van der Waals surface area (Å²) in [6, 6.07) is 3.67. The van der Waals surface area contributed by atoms with Gasteiger partial charge in [-0.25, -0.2) is 4.68 Å². The van der Waals surface area contributed by atoms with Crippen LogP contribution >= 0.6 is 33.4 Å². The molecule has 32 heavy (non-hydrogen) atoms. The van der Waals surface area contributed by atoms with E-state index in [-0.39, 0.29) is 55.0 Å². The molecule has 0 radical (unpaired) electrons. The van der Waals surface area contributed by atoms with Crippen molar-refractivity contribution >= 4 is 45.2 Å². The first-order valence-corrected chi connectivity index (χ1v) is 11.4. The minimum absolute atomic E-state index is 0.00626. The Balaban J connectivity index is 2.30. The second kappa shape index (κ2) is 6.88. The first kappa shape index (κ1) is 23.9. The van der Waals surface area contributed by atoms with Gasteiger partial charge < -0.3 is 11.1 Å². The normalized spacial score (nSPS) is 16.9. The van der Waals surface area contributed by atoms with E-state index in [1.807, 2.05) is 6.07 Å². The standard InChI is InChI=1S/C17H13Cl2F5N6OS/c18-10-6-9(32(20,21,22,23)24)7-11(19)14(10)30-15(28-5-1-4-25)13(12(8-26)29-30)17(2-3-17)16(27)31/h6-7,28H,1-3,5H2,(H2,27,31). The third kappa shape index (κ3) is 4.16. The third-order valence-electron chi connectivity index (χ3n) is 4.87. The van der Waals surface area contributed by atoms with E-state index in [0.717, 1.165) is 4.68 Å². The van der Waals surface area contributed by atoms with Crippen molar-refractivity contribution in [3.63, 3.8) is 0 Å². The smallest absolute Gasteiger partial charge is 0.310 e. The second-order valence-electron chi connectivity index (χ2n) is 7.08. The highest BCUT2D eigenvalue weighted by molar-refractivity contribution is 8.45. The van der Waals surface area contributed by atoms with Crippen LogP contribution in [0.4, 0.5) is 25.2 Å². The molecule has 0 saturated heterocycles. The van der Waals surface area contributed by atoms with E-state index in [1.165, 1.54) is 0 Å². The number of halogens is 7. The first-order chi connectivity index (χ1) is 14.6. The van der Waals surface area contributed by atoms with Crippen molar-refractivity contribution in [3.8, 4) is 17.8 Å². The number of aromatic nitrogens is 2. The predicted molar refractivity (Wildman–Crippen MR) is 109 cm³/mol. The highest BCUT2D eigenvalue weighted by Crippen LogP contribution is 3.02. The molecule has 0 spiro atoms. The summed E-state index contributed by atoms with van der Waals surface area (Å²) in [4.78, 5) is 9.78. The van der Waals surface area contributed by atoms with Gasteiger partial charge >= 0.3 is 10.2 Å². The summed E-state index contributed by atoms with van der Waals surface area (Å²) < 4.78 is 67.0. The number of primary amides is 1. The van der Waals surface area contributed by atoms with Crippen molar-refractivity contribution in [3.05, 3.63) is 33.4 Å². The van der Waals surface area contributed by atoms with Crippen molar-refractivity contribution in [2.75, 3.05) is 11.9 Å². The van der Waals surface area contributed by atoms with Crippen molar-refractivity contribution in [1.82, 2.24) is 9.78 Å². The summed E-state index contributed by atoms with van der Waals surface area (Å²) in [5.41, 5.74) is 3.58. The molecule has 0 unspecified atom stereocenters. The van der Waals surface area contributed by atoms with Gasteiger partial charge in [-0.3, -0.25) is 4.79 Å². The van der Waals surface area contributed by atoms with Crippen LogP contribution in [0.3, 0.4) is 0 Å². The van der Waals surface area contributed by atoms with Crippen LogP contribution in [-0.4, -0.2) is 22.2 Å². The lowest BCUT2D eigenvalue weighted by Gasteiger charge is -2.40. The summed E-state index contributed by atoms with van der Waals surface area (Å²) in [6.07, 6.45) is 0.529. The Morgan fingerprint density at radius 1 is 1.22 bits per heavy atom. The van der Waals surface area contributed by atoms with Crippen LogP contribution in [0, 0.1) is 22.7 Å². The topological polar surface area (TPSA) is 121 Å². The number of nitriles is 2. The Morgan fingerprint density at radius 3 is 2.19 bits per heavy atom. The Kier molecular flexibility index (Phi) is 5.14. The number of hydrogen-bond acceptors (Lipinski definition) is 5. The van der Waals surface area contributed by atoms with Gasteiger partial charge in [0.05, 0.1) is 28.0 Å². The fraction of sp³-hybridized carbons (Fsp3) is 0.294. The third-order valence-corrected chi connectivity index (χ3v) is 6.57. The van der Waals surface area contributed by atoms with E-state index in [9.17, 15) is 29.5 Å². The number of carbonyl (C=O) groups is 1. The molecule has 1 aliphatic carbocycles. The van der Waals surface area contributed by atoms with Gasteiger partial charge in [0.2, 0.25) is 5.91 Å². The maximum absolute atomic E-state index is 13.2. The van der Waals surface area contributed by atoms with Crippen molar-refractivity contribution in [2.45, 2.75) is 29.6 Å². The van der Waals surface area contributed by atoms with Crippen LogP contribution in [0.5, 0.6) is 0 Å². The molecule has 1 saturated carbocycles. The van der Waals surface area contributed by atoms with Crippen LogP contribution in [0.1, 0.15) is 30.5 Å². The minimum atomic E-state index is -10.1. The van der Waals surface area contributed by atoms with E-state index < -0.39 is 42.2 Å². The largest absolute Gasteiger partial charge is 0.369 e. The molecular formula is C17H13Cl2F5N6OS. The lowest BCUT2D eigenvalue weighted by Crippen LogP contribution is -2.29. The summed E-state index contributed by atoms with van der Waals surface area (Å²) in [5, 5.41) is 23.5. The van der Waals surface area contributed by atoms with Crippen molar-refractivity contribution < 1.29 is 24.2 Å². The van der Waals surface area contributed by atoms with Gasteiger partial charge in [0, 0.05) is 12.1 Å². The monoisotopic (exact) mass is 514 g/mol. The van der Waals surface area contributed by atoms with Crippen LogP contribution < -0.4 is 11.1 Å². The van der Waals surface area contributed by atoms with E-state index in [1.54, 1.807) is 6.07 Å². The number of nitrogens with two attached hydrogens (primary N) is 1. The molecule has 3 rings (SSSR count). The highest BCUT2D eigenvalue weighted by atomic mass is 35.5. The maximum Gasteiger partial charge on any atom is 0.310 e. The number of benzene rings is 1.